The molecule has 0 radical (unpaired) electrons. The maximum Gasteiger partial charge on any atom is 0.255 e. The van der Waals surface area contributed by atoms with Crippen LogP contribution in [0.3, 0.4) is 0 Å². The number of Topliss-reactive ketones (excluding diaryl/α,β-unsaturated/α-hetero) is 1. The van der Waals surface area contributed by atoms with Gasteiger partial charge in [-0.1, -0.05) is 31.7 Å². The van der Waals surface area contributed by atoms with Crippen molar-refractivity contribution in [3.05, 3.63) is 82.9 Å². The quantitative estimate of drug-likeness (QED) is 0.561. The van der Waals surface area contributed by atoms with Gasteiger partial charge in [0.05, 0.1) is 7.11 Å². The lowest BCUT2D eigenvalue weighted by Gasteiger charge is -2.36. The highest BCUT2D eigenvalue weighted by atomic mass is 16.5. The molecule has 1 aliphatic heterocycles. The maximum atomic E-state index is 13.6. The molecule has 1 amide bonds. The Morgan fingerprint density at radius 3 is 2.71 bits per heavy atom. The Hall–Kier alpha value is -3.87. The van der Waals surface area contributed by atoms with Gasteiger partial charge in [0.25, 0.3) is 5.91 Å². The fraction of sp³-hybridized carbons (Fsp3) is 0.321. The molecular formula is C28H31N3O4. The van der Waals surface area contributed by atoms with Crippen molar-refractivity contribution in [3.8, 4) is 11.5 Å². The summed E-state index contributed by atoms with van der Waals surface area (Å²) in [5.41, 5.74) is 4.50. The number of anilines is 1. The minimum Gasteiger partial charge on any atom is -0.493 e. The number of hydrogen-bond acceptors (Lipinski definition) is 6. The largest absolute Gasteiger partial charge is 0.493 e. The van der Waals surface area contributed by atoms with Gasteiger partial charge in [-0.25, -0.2) is 4.98 Å². The second-order valence-corrected chi connectivity index (χ2v) is 9.11. The average molecular weight is 474 g/mol. The van der Waals surface area contributed by atoms with Gasteiger partial charge in [-0.05, 0) is 55.5 Å². The number of methoxy groups -OCH3 is 1. The summed E-state index contributed by atoms with van der Waals surface area (Å²) in [7, 11) is 1.57. The molecule has 35 heavy (non-hydrogen) atoms. The topological polar surface area (TPSA) is 89.5 Å². The monoisotopic (exact) mass is 473 g/mol. The highest BCUT2D eigenvalue weighted by molar-refractivity contribution is 6.09. The van der Waals surface area contributed by atoms with E-state index in [1.165, 1.54) is 0 Å². The van der Waals surface area contributed by atoms with Crippen molar-refractivity contribution in [1.82, 2.24) is 10.3 Å². The van der Waals surface area contributed by atoms with Crippen LogP contribution in [0.4, 0.5) is 5.82 Å². The summed E-state index contributed by atoms with van der Waals surface area (Å²) in [5, 5.41) is 6.27. The van der Waals surface area contributed by atoms with E-state index in [9.17, 15) is 9.59 Å². The Morgan fingerprint density at radius 2 is 2.03 bits per heavy atom. The van der Waals surface area contributed by atoms with Crippen LogP contribution in [-0.2, 0) is 9.59 Å². The second kappa shape index (κ2) is 10.2. The third-order valence-electron chi connectivity index (χ3n) is 6.31. The van der Waals surface area contributed by atoms with E-state index in [2.05, 4.69) is 29.1 Å². The van der Waals surface area contributed by atoms with E-state index < -0.39 is 5.92 Å². The number of carbonyl (C=O) groups is 2. The molecule has 7 heteroatoms. The zero-order chi connectivity index (χ0) is 25.1. The van der Waals surface area contributed by atoms with Crippen LogP contribution >= 0.6 is 0 Å². The van der Waals surface area contributed by atoms with Crippen molar-refractivity contribution in [2.24, 2.45) is 5.92 Å². The Morgan fingerprint density at radius 1 is 1.23 bits per heavy atom. The minimum atomic E-state index is -0.543. The highest BCUT2D eigenvalue weighted by Crippen LogP contribution is 2.45. The van der Waals surface area contributed by atoms with Crippen molar-refractivity contribution in [2.45, 2.75) is 39.5 Å². The van der Waals surface area contributed by atoms with Crippen LogP contribution in [0.15, 0.2) is 71.7 Å². The molecule has 0 saturated carbocycles. The standard InChI is InChI=1S/C28H31N3O4/c1-6-11-35-22-9-8-19(14-23(22)34-5)26-25(28(33)31-24-10-7-16(2)15-29-24)18(4)30-20-12-17(3)13-21(32)27(20)26/h6-10,14-15,17,26,30H,1,11-13H2,2-5H3,(H,29,31,33)/t17-,26-/m1/s1. The molecule has 1 aromatic heterocycles. The molecule has 2 N–H and O–H groups in total. The van der Waals surface area contributed by atoms with E-state index in [0.29, 0.717) is 47.2 Å². The van der Waals surface area contributed by atoms with Crippen LogP contribution in [0, 0.1) is 12.8 Å². The molecule has 2 atom stereocenters. The van der Waals surface area contributed by atoms with Crippen molar-refractivity contribution in [3.63, 3.8) is 0 Å². The summed E-state index contributed by atoms with van der Waals surface area (Å²) >= 11 is 0. The molecule has 1 aromatic carbocycles. The van der Waals surface area contributed by atoms with Crippen LogP contribution < -0.4 is 20.1 Å². The first kappa shape index (κ1) is 24.3. The third kappa shape index (κ3) is 4.99. The average Bonchev–Trinajstić information content (AvgIpc) is 2.82. The number of amides is 1. The molecular weight excluding hydrogens is 442 g/mol. The van der Waals surface area contributed by atoms with Gasteiger partial charge in [-0.15, -0.1) is 0 Å². The van der Waals surface area contributed by atoms with Crippen LogP contribution in [0.25, 0.3) is 0 Å². The predicted octanol–water partition coefficient (Wildman–Crippen LogP) is 4.82. The highest BCUT2D eigenvalue weighted by Gasteiger charge is 2.40. The molecule has 4 rings (SSSR count). The van der Waals surface area contributed by atoms with Crippen molar-refractivity contribution in [2.75, 3.05) is 19.0 Å². The van der Waals surface area contributed by atoms with Crippen molar-refractivity contribution in [1.29, 1.82) is 0 Å². The summed E-state index contributed by atoms with van der Waals surface area (Å²) in [4.78, 5) is 31.2. The van der Waals surface area contributed by atoms with E-state index >= 15 is 0 Å². The van der Waals surface area contributed by atoms with Gasteiger partial charge in [-0.3, -0.25) is 9.59 Å². The lowest BCUT2D eigenvalue weighted by molar-refractivity contribution is -0.117. The number of nitrogens with one attached hydrogen (secondary N) is 2. The molecule has 2 heterocycles. The SMILES string of the molecule is C=CCOc1ccc([C@@H]2C(C(=O)Nc3ccc(C)cn3)=C(C)NC3=C2C(=O)C[C@H](C)C3)cc1OC. The number of aromatic nitrogens is 1. The summed E-state index contributed by atoms with van der Waals surface area (Å²) in [6, 6.07) is 9.19. The fourth-order valence-electron chi connectivity index (χ4n) is 4.73. The number of pyridine rings is 1. The molecule has 0 bridgehead atoms. The molecule has 0 fully saturated rings. The van der Waals surface area contributed by atoms with E-state index in [1.54, 1.807) is 25.4 Å². The van der Waals surface area contributed by atoms with Crippen molar-refractivity contribution < 1.29 is 19.1 Å². The molecule has 2 aliphatic rings. The van der Waals surface area contributed by atoms with Crippen molar-refractivity contribution >= 4 is 17.5 Å². The molecule has 0 unspecified atom stereocenters. The van der Waals surface area contributed by atoms with Gasteiger partial charge in [0.2, 0.25) is 0 Å². The van der Waals surface area contributed by atoms with E-state index in [1.807, 2.05) is 38.1 Å². The van der Waals surface area contributed by atoms with E-state index in [4.69, 9.17) is 9.47 Å². The van der Waals surface area contributed by atoms with E-state index in [0.717, 1.165) is 23.2 Å². The minimum absolute atomic E-state index is 0.0495. The van der Waals surface area contributed by atoms with Gasteiger partial charge in [0.1, 0.15) is 12.4 Å². The Balaban J connectivity index is 1.80. The second-order valence-electron chi connectivity index (χ2n) is 9.11. The third-order valence-corrected chi connectivity index (χ3v) is 6.31. The number of benzene rings is 1. The maximum absolute atomic E-state index is 13.6. The van der Waals surface area contributed by atoms with Crippen LogP contribution in [0.1, 0.15) is 43.7 Å². The number of rotatable bonds is 7. The first-order chi connectivity index (χ1) is 16.8. The Bertz CT molecular complexity index is 1230. The Kier molecular flexibility index (Phi) is 7.05. The smallest absolute Gasteiger partial charge is 0.255 e. The van der Waals surface area contributed by atoms with E-state index in [-0.39, 0.29) is 17.6 Å². The molecule has 2 aromatic rings. The summed E-state index contributed by atoms with van der Waals surface area (Å²) in [5.74, 6) is 0.984. The summed E-state index contributed by atoms with van der Waals surface area (Å²) < 4.78 is 11.3. The van der Waals surface area contributed by atoms with Crippen LogP contribution in [0.5, 0.6) is 11.5 Å². The molecule has 1 aliphatic carbocycles. The first-order valence-corrected chi connectivity index (χ1v) is 11.7. The number of dihydropyridines is 1. The summed E-state index contributed by atoms with van der Waals surface area (Å²) in [6.07, 6.45) is 4.56. The number of ether oxygens (including phenoxy) is 2. The van der Waals surface area contributed by atoms with Gasteiger partial charge < -0.3 is 20.1 Å². The fourth-order valence-corrected chi connectivity index (χ4v) is 4.73. The molecule has 0 spiro atoms. The van der Waals surface area contributed by atoms with Gasteiger partial charge in [0, 0.05) is 41.1 Å². The number of carbonyl (C=O) groups excluding carboxylic acids is 2. The van der Waals surface area contributed by atoms with Crippen LogP contribution in [-0.4, -0.2) is 30.4 Å². The molecule has 0 saturated heterocycles. The lowest BCUT2D eigenvalue weighted by atomic mass is 9.73. The normalized spacial score (nSPS) is 19.6. The number of aryl methyl sites for hydroxylation is 1. The van der Waals surface area contributed by atoms with Crippen LogP contribution in [0.2, 0.25) is 0 Å². The number of ketones is 1. The Labute approximate surface area is 205 Å². The predicted molar refractivity (Wildman–Crippen MR) is 135 cm³/mol. The number of hydrogen-bond donors (Lipinski definition) is 2. The van der Waals surface area contributed by atoms with Gasteiger partial charge >= 0.3 is 0 Å². The lowest BCUT2D eigenvalue weighted by Crippen LogP contribution is -2.37. The molecule has 182 valence electrons. The zero-order valence-electron chi connectivity index (χ0n) is 20.6. The molecule has 7 nitrogen and oxygen atoms in total. The van der Waals surface area contributed by atoms with Gasteiger partial charge in [0.15, 0.2) is 17.3 Å². The number of allylic oxidation sites excluding steroid dienone is 3. The number of nitrogens with zero attached hydrogens (tertiary/aromatic N) is 1. The first-order valence-electron chi connectivity index (χ1n) is 11.7. The summed E-state index contributed by atoms with van der Waals surface area (Å²) in [6.45, 7) is 9.90. The zero-order valence-corrected chi connectivity index (χ0v) is 20.6. The van der Waals surface area contributed by atoms with Gasteiger partial charge in [-0.2, -0.15) is 0 Å².